The number of nitrogens with zero attached hydrogens (tertiary/aromatic N) is 3. The average Bonchev–Trinajstić information content (AvgIpc) is 3.10. The highest BCUT2D eigenvalue weighted by Gasteiger charge is 2.26. The van der Waals surface area contributed by atoms with Crippen molar-refractivity contribution in [2.24, 2.45) is 0 Å². The molecule has 0 N–H and O–H groups in total. The molecule has 1 atom stereocenters. The summed E-state index contributed by atoms with van der Waals surface area (Å²) >= 11 is 0. The van der Waals surface area contributed by atoms with Gasteiger partial charge in [-0.25, -0.2) is 4.98 Å². The van der Waals surface area contributed by atoms with E-state index in [-0.39, 0.29) is 5.91 Å². The molecule has 0 spiro atoms. The van der Waals surface area contributed by atoms with Gasteiger partial charge in [0.2, 0.25) is 11.8 Å². The van der Waals surface area contributed by atoms with Crippen LogP contribution in [0.4, 0.5) is 0 Å². The highest BCUT2D eigenvalue weighted by atomic mass is 16.5. The minimum absolute atomic E-state index is 0.158. The number of hydrogen-bond donors (Lipinski definition) is 0. The lowest BCUT2D eigenvalue weighted by Crippen LogP contribution is -2.33. The van der Waals surface area contributed by atoms with Gasteiger partial charge in [-0.05, 0) is 49.9 Å². The number of aromatic nitrogens is 2. The molecule has 0 radical (unpaired) electrons. The molecule has 6 heteroatoms. The third kappa shape index (κ3) is 4.47. The van der Waals surface area contributed by atoms with E-state index in [1.54, 1.807) is 26.4 Å². The predicted octanol–water partition coefficient (Wildman–Crippen LogP) is 3.22. The minimum atomic E-state index is 0.158. The van der Waals surface area contributed by atoms with Crippen LogP contribution in [0.1, 0.15) is 31.9 Å². The Kier molecular flexibility index (Phi) is 5.48. The summed E-state index contributed by atoms with van der Waals surface area (Å²) in [6.45, 7) is 2.51. The molecular weight excluding hydrogens is 318 g/mol. The SMILES string of the molecule is COc1ccc(Oc2cncc(CCC3CCCN3C(C)=O)n2)cc1. The number of aryl methyl sites for hydroxylation is 1. The first-order chi connectivity index (χ1) is 12.2. The van der Waals surface area contributed by atoms with Gasteiger partial charge in [-0.15, -0.1) is 0 Å². The van der Waals surface area contributed by atoms with Crippen LogP contribution in [0.15, 0.2) is 36.7 Å². The summed E-state index contributed by atoms with van der Waals surface area (Å²) in [7, 11) is 1.63. The fraction of sp³-hybridized carbons (Fsp3) is 0.421. The van der Waals surface area contributed by atoms with Crippen molar-refractivity contribution in [2.75, 3.05) is 13.7 Å². The molecule has 1 aromatic heterocycles. The van der Waals surface area contributed by atoms with Crippen molar-refractivity contribution in [1.82, 2.24) is 14.9 Å². The van der Waals surface area contributed by atoms with E-state index in [0.717, 1.165) is 43.7 Å². The Bertz CT molecular complexity index is 718. The zero-order chi connectivity index (χ0) is 17.6. The first kappa shape index (κ1) is 17.2. The molecule has 1 aromatic carbocycles. The van der Waals surface area contributed by atoms with Crippen molar-refractivity contribution in [3.63, 3.8) is 0 Å². The number of methoxy groups -OCH3 is 1. The summed E-state index contributed by atoms with van der Waals surface area (Å²) in [6.07, 6.45) is 7.19. The van der Waals surface area contributed by atoms with E-state index in [2.05, 4.69) is 9.97 Å². The monoisotopic (exact) mass is 341 g/mol. The number of amides is 1. The molecule has 1 aliphatic heterocycles. The maximum absolute atomic E-state index is 11.6. The van der Waals surface area contributed by atoms with E-state index in [1.165, 1.54) is 0 Å². The Morgan fingerprint density at radius 1 is 1.24 bits per heavy atom. The molecule has 0 saturated carbocycles. The summed E-state index contributed by atoms with van der Waals surface area (Å²) in [4.78, 5) is 22.3. The molecule has 1 saturated heterocycles. The highest BCUT2D eigenvalue weighted by molar-refractivity contribution is 5.73. The lowest BCUT2D eigenvalue weighted by atomic mass is 10.1. The maximum atomic E-state index is 11.6. The Morgan fingerprint density at radius 3 is 2.72 bits per heavy atom. The number of carbonyl (C=O) groups is 1. The summed E-state index contributed by atoms with van der Waals surface area (Å²) < 4.78 is 10.9. The van der Waals surface area contributed by atoms with Crippen LogP contribution in [0.25, 0.3) is 0 Å². The summed E-state index contributed by atoms with van der Waals surface area (Å²) in [5.74, 6) is 2.09. The molecule has 0 aliphatic carbocycles. The van der Waals surface area contributed by atoms with E-state index in [0.29, 0.717) is 17.7 Å². The molecule has 2 heterocycles. The number of hydrogen-bond acceptors (Lipinski definition) is 5. The Labute approximate surface area is 147 Å². The highest BCUT2D eigenvalue weighted by Crippen LogP contribution is 2.24. The van der Waals surface area contributed by atoms with Crippen molar-refractivity contribution in [3.8, 4) is 17.4 Å². The van der Waals surface area contributed by atoms with E-state index in [9.17, 15) is 4.79 Å². The van der Waals surface area contributed by atoms with Crippen LogP contribution in [-0.4, -0.2) is 40.5 Å². The van der Waals surface area contributed by atoms with Gasteiger partial charge in [0.15, 0.2) is 0 Å². The Balaban J connectivity index is 1.60. The maximum Gasteiger partial charge on any atom is 0.238 e. The Morgan fingerprint density at radius 2 is 2.00 bits per heavy atom. The predicted molar refractivity (Wildman–Crippen MR) is 93.8 cm³/mol. The normalized spacial score (nSPS) is 16.7. The van der Waals surface area contributed by atoms with Crippen LogP contribution < -0.4 is 9.47 Å². The van der Waals surface area contributed by atoms with Gasteiger partial charge in [-0.2, -0.15) is 0 Å². The lowest BCUT2D eigenvalue weighted by molar-refractivity contribution is -0.129. The topological polar surface area (TPSA) is 64.6 Å². The van der Waals surface area contributed by atoms with Gasteiger partial charge >= 0.3 is 0 Å². The molecular formula is C19H23N3O3. The quantitative estimate of drug-likeness (QED) is 0.807. The largest absolute Gasteiger partial charge is 0.497 e. The standard InChI is InChI=1S/C19H23N3O3/c1-14(23)22-11-3-4-16(22)6-5-15-12-20-13-19(21-15)25-18-9-7-17(24-2)8-10-18/h7-10,12-13,16H,3-6,11H2,1-2H3. The van der Waals surface area contributed by atoms with Crippen molar-refractivity contribution in [3.05, 3.63) is 42.4 Å². The van der Waals surface area contributed by atoms with Crippen LogP contribution in [0, 0.1) is 0 Å². The summed E-state index contributed by atoms with van der Waals surface area (Å²) in [5.41, 5.74) is 0.876. The van der Waals surface area contributed by atoms with Crippen molar-refractivity contribution in [2.45, 2.75) is 38.6 Å². The summed E-state index contributed by atoms with van der Waals surface area (Å²) in [5, 5.41) is 0. The fourth-order valence-electron chi connectivity index (χ4n) is 3.19. The number of carbonyl (C=O) groups excluding carboxylic acids is 1. The third-order valence-electron chi connectivity index (χ3n) is 4.46. The van der Waals surface area contributed by atoms with Crippen LogP contribution in [0.2, 0.25) is 0 Å². The fourth-order valence-corrected chi connectivity index (χ4v) is 3.19. The molecule has 3 rings (SSSR count). The van der Waals surface area contributed by atoms with Gasteiger partial charge in [-0.3, -0.25) is 9.78 Å². The summed E-state index contributed by atoms with van der Waals surface area (Å²) in [6, 6.07) is 7.64. The average molecular weight is 341 g/mol. The lowest BCUT2D eigenvalue weighted by Gasteiger charge is -2.23. The van der Waals surface area contributed by atoms with Crippen LogP contribution in [0.3, 0.4) is 0 Å². The molecule has 25 heavy (non-hydrogen) atoms. The molecule has 1 fully saturated rings. The molecule has 6 nitrogen and oxygen atoms in total. The molecule has 0 bridgehead atoms. The van der Waals surface area contributed by atoms with Crippen LogP contribution in [-0.2, 0) is 11.2 Å². The zero-order valence-electron chi connectivity index (χ0n) is 14.6. The number of ether oxygens (including phenoxy) is 2. The number of rotatable bonds is 6. The second-order valence-corrected chi connectivity index (χ2v) is 6.17. The Hall–Kier alpha value is -2.63. The molecule has 1 amide bonds. The van der Waals surface area contributed by atoms with Crippen LogP contribution >= 0.6 is 0 Å². The molecule has 1 aliphatic rings. The van der Waals surface area contributed by atoms with Crippen LogP contribution in [0.5, 0.6) is 17.4 Å². The van der Waals surface area contributed by atoms with Gasteiger partial charge in [0.25, 0.3) is 0 Å². The van der Waals surface area contributed by atoms with Gasteiger partial charge in [0, 0.05) is 25.7 Å². The zero-order valence-corrected chi connectivity index (χ0v) is 14.6. The van der Waals surface area contributed by atoms with Gasteiger partial charge < -0.3 is 14.4 Å². The second kappa shape index (κ2) is 7.96. The first-order valence-electron chi connectivity index (χ1n) is 8.56. The van der Waals surface area contributed by atoms with E-state index in [4.69, 9.17) is 9.47 Å². The van der Waals surface area contributed by atoms with Gasteiger partial charge in [0.1, 0.15) is 11.5 Å². The van der Waals surface area contributed by atoms with E-state index >= 15 is 0 Å². The van der Waals surface area contributed by atoms with E-state index < -0.39 is 0 Å². The number of benzene rings is 1. The molecule has 2 aromatic rings. The van der Waals surface area contributed by atoms with Gasteiger partial charge in [-0.1, -0.05) is 0 Å². The van der Waals surface area contributed by atoms with E-state index in [1.807, 2.05) is 29.2 Å². The third-order valence-corrected chi connectivity index (χ3v) is 4.46. The molecule has 132 valence electrons. The second-order valence-electron chi connectivity index (χ2n) is 6.17. The van der Waals surface area contributed by atoms with Crippen molar-refractivity contribution < 1.29 is 14.3 Å². The van der Waals surface area contributed by atoms with Gasteiger partial charge in [0.05, 0.1) is 19.0 Å². The number of likely N-dealkylation sites (tertiary alicyclic amines) is 1. The first-order valence-corrected chi connectivity index (χ1v) is 8.56. The van der Waals surface area contributed by atoms with Crippen molar-refractivity contribution in [1.29, 1.82) is 0 Å². The van der Waals surface area contributed by atoms with Crippen molar-refractivity contribution >= 4 is 5.91 Å². The molecule has 1 unspecified atom stereocenters. The smallest absolute Gasteiger partial charge is 0.238 e. The minimum Gasteiger partial charge on any atom is -0.497 e.